The number of para-hydroxylation sites is 1. The third kappa shape index (κ3) is 7.38. The van der Waals surface area contributed by atoms with E-state index < -0.39 is 6.04 Å². The van der Waals surface area contributed by atoms with Crippen LogP contribution in [0.15, 0.2) is 54.6 Å². The van der Waals surface area contributed by atoms with E-state index in [0.717, 1.165) is 23.5 Å². The molecule has 2 amide bonds. The molecule has 1 heterocycles. The van der Waals surface area contributed by atoms with Crippen LogP contribution in [0, 0.1) is 0 Å². The van der Waals surface area contributed by atoms with Gasteiger partial charge in [0.05, 0.1) is 12.5 Å². The first kappa shape index (κ1) is 22.8. The van der Waals surface area contributed by atoms with Crippen molar-refractivity contribution < 1.29 is 19.1 Å². The maximum absolute atomic E-state index is 12.5. The molecule has 0 saturated carbocycles. The standard InChI is InChI=1S/C24H31N3O4/c1-2-30-15-7-12-25-23(28)17-22-24(29)26-13-14-27(22)18-19-8-6-11-21(16-19)31-20-9-4-3-5-10-20/h3-6,8-11,16,22H,2,7,12-15,17-18H2,1H3,(H,25,28)(H,26,29). The van der Waals surface area contributed by atoms with Crippen LogP contribution in [0.1, 0.15) is 25.3 Å². The molecule has 1 fully saturated rings. The summed E-state index contributed by atoms with van der Waals surface area (Å²) in [5.74, 6) is 1.29. The van der Waals surface area contributed by atoms with Crippen molar-refractivity contribution in [2.75, 3.05) is 32.8 Å². The number of piperazine rings is 1. The second kappa shape index (κ2) is 12.1. The van der Waals surface area contributed by atoms with Gasteiger partial charge in [0, 0.05) is 39.4 Å². The third-order valence-electron chi connectivity index (χ3n) is 5.08. The lowest BCUT2D eigenvalue weighted by atomic mass is 10.1. The summed E-state index contributed by atoms with van der Waals surface area (Å²) < 4.78 is 11.2. The van der Waals surface area contributed by atoms with Gasteiger partial charge >= 0.3 is 0 Å². The number of carbonyl (C=O) groups excluding carboxylic acids is 2. The highest BCUT2D eigenvalue weighted by Gasteiger charge is 2.31. The first-order chi connectivity index (χ1) is 15.2. The summed E-state index contributed by atoms with van der Waals surface area (Å²) in [7, 11) is 0. The lowest BCUT2D eigenvalue weighted by molar-refractivity contribution is -0.134. The average Bonchev–Trinajstić information content (AvgIpc) is 2.77. The number of hydrogen-bond acceptors (Lipinski definition) is 5. The van der Waals surface area contributed by atoms with Crippen molar-refractivity contribution in [3.63, 3.8) is 0 Å². The van der Waals surface area contributed by atoms with E-state index in [4.69, 9.17) is 9.47 Å². The highest BCUT2D eigenvalue weighted by atomic mass is 16.5. The summed E-state index contributed by atoms with van der Waals surface area (Å²) in [6.07, 6.45) is 0.898. The number of hydrogen-bond donors (Lipinski definition) is 2. The molecule has 2 aromatic rings. The molecule has 3 rings (SSSR count). The van der Waals surface area contributed by atoms with Crippen LogP contribution in [-0.4, -0.2) is 55.6 Å². The molecular formula is C24H31N3O4. The number of nitrogens with zero attached hydrogens (tertiary/aromatic N) is 1. The number of nitrogens with one attached hydrogen (secondary N) is 2. The zero-order valence-electron chi connectivity index (χ0n) is 18.0. The SMILES string of the molecule is CCOCCCNC(=O)CC1C(=O)NCCN1Cc1cccc(Oc2ccccc2)c1. The molecule has 0 radical (unpaired) electrons. The van der Waals surface area contributed by atoms with E-state index in [9.17, 15) is 9.59 Å². The maximum Gasteiger partial charge on any atom is 0.237 e. The van der Waals surface area contributed by atoms with Gasteiger partial charge in [-0.15, -0.1) is 0 Å². The van der Waals surface area contributed by atoms with Crippen LogP contribution in [0.25, 0.3) is 0 Å². The maximum atomic E-state index is 12.5. The fraction of sp³-hybridized carbons (Fsp3) is 0.417. The Kier molecular flexibility index (Phi) is 8.87. The van der Waals surface area contributed by atoms with Crippen molar-refractivity contribution in [1.82, 2.24) is 15.5 Å². The minimum Gasteiger partial charge on any atom is -0.457 e. The van der Waals surface area contributed by atoms with Gasteiger partial charge in [0.25, 0.3) is 0 Å². The van der Waals surface area contributed by atoms with Gasteiger partial charge in [0.15, 0.2) is 0 Å². The lowest BCUT2D eigenvalue weighted by Gasteiger charge is -2.34. The van der Waals surface area contributed by atoms with Crippen molar-refractivity contribution in [3.05, 3.63) is 60.2 Å². The van der Waals surface area contributed by atoms with Gasteiger partial charge in [-0.25, -0.2) is 0 Å². The van der Waals surface area contributed by atoms with Crippen molar-refractivity contribution in [2.45, 2.75) is 32.4 Å². The van der Waals surface area contributed by atoms with Crippen molar-refractivity contribution in [1.29, 1.82) is 0 Å². The average molecular weight is 426 g/mol. The smallest absolute Gasteiger partial charge is 0.237 e. The Balaban J connectivity index is 1.57. The molecule has 31 heavy (non-hydrogen) atoms. The Morgan fingerprint density at radius 1 is 1.16 bits per heavy atom. The molecule has 7 nitrogen and oxygen atoms in total. The molecule has 1 unspecified atom stereocenters. The zero-order valence-corrected chi connectivity index (χ0v) is 18.0. The zero-order chi connectivity index (χ0) is 21.9. The van der Waals surface area contributed by atoms with Gasteiger partial charge in [-0.3, -0.25) is 14.5 Å². The van der Waals surface area contributed by atoms with Crippen molar-refractivity contribution in [2.24, 2.45) is 0 Å². The first-order valence-corrected chi connectivity index (χ1v) is 10.8. The molecule has 0 spiro atoms. The van der Waals surface area contributed by atoms with Crippen molar-refractivity contribution >= 4 is 11.8 Å². The van der Waals surface area contributed by atoms with Crippen LogP contribution in [0.3, 0.4) is 0 Å². The van der Waals surface area contributed by atoms with E-state index in [0.29, 0.717) is 39.4 Å². The van der Waals surface area contributed by atoms with Crippen LogP contribution in [0.2, 0.25) is 0 Å². The monoisotopic (exact) mass is 425 g/mol. The van der Waals surface area contributed by atoms with E-state index >= 15 is 0 Å². The Morgan fingerprint density at radius 3 is 2.77 bits per heavy atom. The van der Waals surface area contributed by atoms with E-state index in [-0.39, 0.29) is 18.2 Å². The van der Waals surface area contributed by atoms with Gasteiger partial charge < -0.3 is 20.1 Å². The third-order valence-corrected chi connectivity index (χ3v) is 5.08. The molecule has 2 aromatic carbocycles. The Morgan fingerprint density at radius 2 is 1.97 bits per heavy atom. The van der Waals surface area contributed by atoms with Crippen LogP contribution in [-0.2, 0) is 20.9 Å². The molecule has 166 valence electrons. The minimum atomic E-state index is -0.487. The summed E-state index contributed by atoms with van der Waals surface area (Å²) in [6, 6.07) is 17.0. The first-order valence-electron chi connectivity index (χ1n) is 10.8. The van der Waals surface area contributed by atoms with Gasteiger partial charge in [-0.2, -0.15) is 0 Å². The number of benzene rings is 2. The molecule has 1 saturated heterocycles. The summed E-state index contributed by atoms with van der Waals surface area (Å²) in [5.41, 5.74) is 1.03. The summed E-state index contributed by atoms with van der Waals surface area (Å²) in [5, 5.41) is 5.76. The van der Waals surface area contributed by atoms with E-state index in [1.165, 1.54) is 0 Å². The van der Waals surface area contributed by atoms with E-state index in [2.05, 4.69) is 15.5 Å². The Labute approximate surface area is 183 Å². The van der Waals surface area contributed by atoms with Gasteiger partial charge in [-0.05, 0) is 43.2 Å². The predicted molar refractivity (Wildman–Crippen MR) is 119 cm³/mol. The number of amides is 2. The number of ether oxygens (including phenoxy) is 2. The predicted octanol–water partition coefficient (Wildman–Crippen LogP) is 2.71. The van der Waals surface area contributed by atoms with Crippen LogP contribution < -0.4 is 15.4 Å². The van der Waals surface area contributed by atoms with Gasteiger partial charge in [-0.1, -0.05) is 30.3 Å². The Hall–Kier alpha value is -2.90. The normalized spacial score (nSPS) is 16.5. The molecule has 1 aliphatic rings. The molecule has 0 bridgehead atoms. The molecule has 2 N–H and O–H groups in total. The summed E-state index contributed by atoms with van der Waals surface area (Å²) >= 11 is 0. The molecule has 1 aliphatic heterocycles. The van der Waals surface area contributed by atoms with E-state index in [1.54, 1.807) is 0 Å². The molecule has 0 aliphatic carbocycles. The van der Waals surface area contributed by atoms with Gasteiger partial charge in [0.2, 0.25) is 11.8 Å². The number of rotatable bonds is 11. The summed E-state index contributed by atoms with van der Waals surface area (Å²) in [4.78, 5) is 26.9. The Bertz CT molecular complexity index is 844. The quantitative estimate of drug-likeness (QED) is 0.541. The fourth-order valence-electron chi connectivity index (χ4n) is 3.53. The molecule has 0 aromatic heterocycles. The number of carbonyl (C=O) groups is 2. The summed E-state index contributed by atoms with van der Waals surface area (Å²) in [6.45, 7) is 5.62. The van der Waals surface area contributed by atoms with Crippen LogP contribution in [0.5, 0.6) is 11.5 Å². The van der Waals surface area contributed by atoms with E-state index in [1.807, 2.05) is 61.5 Å². The minimum absolute atomic E-state index is 0.104. The lowest BCUT2D eigenvalue weighted by Crippen LogP contribution is -2.56. The fourth-order valence-corrected chi connectivity index (χ4v) is 3.53. The van der Waals surface area contributed by atoms with Crippen LogP contribution >= 0.6 is 0 Å². The molecular weight excluding hydrogens is 394 g/mol. The molecule has 7 heteroatoms. The topological polar surface area (TPSA) is 79.9 Å². The highest BCUT2D eigenvalue weighted by Crippen LogP contribution is 2.23. The van der Waals surface area contributed by atoms with Crippen molar-refractivity contribution in [3.8, 4) is 11.5 Å². The second-order valence-electron chi connectivity index (χ2n) is 7.44. The highest BCUT2D eigenvalue weighted by molar-refractivity contribution is 5.88. The van der Waals surface area contributed by atoms with Gasteiger partial charge in [0.1, 0.15) is 11.5 Å². The van der Waals surface area contributed by atoms with Crippen LogP contribution in [0.4, 0.5) is 0 Å². The largest absolute Gasteiger partial charge is 0.457 e. The molecule has 1 atom stereocenters. The second-order valence-corrected chi connectivity index (χ2v) is 7.44.